The first-order valence-electron chi connectivity index (χ1n) is 9.68. The number of hydrogen-bond donors (Lipinski definition) is 2. The SMILES string of the molecule is C=C(C)N(c1ccc(F)cc1)c1cc(C(=O)Nc2ccc(CC(=O)O)cc2)ccc1C. The maximum Gasteiger partial charge on any atom is 0.307 e. The third-order valence-corrected chi connectivity index (χ3v) is 4.75. The summed E-state index contributed by atoms with van der Waals surface area (Å²) in [6, 6.07) is 18.1. The second-order valence-electron chi connectivity index (χ2n) is 7.27. The van der Waals surface area contributed by atoms with E-state index in [2.05, 4.69) is 11.9 Å². The molecule has 0 aliphatic carbocycles. The molecule has 31 heavy (non-hydrogen) atoms. The molecule has 0 radical (unpaired) electrons. The van der Waals surface area contributed by atoms with Crippen molar-refractivity contribution < 1.29 is 19.1 Å². The summed E-state index contributed by atoms with van der Waals surface area (Å²) >= 11 is 0. The van der Waals surface area contributed by atoms with E-state index in [0.29, 0.717) is 16.8 Å². The van der Waals surface area contributed by atoms with E-state index < -0.39 is 5.97 Å². The molecule has 0 aromatic heterocycles. The second-order valence-corrected chi connectivity index (χ2v) is 7.27. The summed E-state index contributed by atoms with van der Waals surface area (Å²) in [6.07, 6.45) is -0.0737. The van der Waals surface area contributed by atoms with Gasteiger partial charge < -0.3 is 15.3 Å². The third kappa shape index (κ3) is 5.36. The zero-order valence-corrected chi connectivity index (χ0v) is 17.4. The van der Waals surface area contributed by atoms with E-state index in [1.165, 1.54) is 12.1 Å². The number of hydrogen-bond acceptors (Lipinski definition) is 3. The molecule has 0 saturated heterocycles. The monoisotopic (exact) mass is 418 g/mol. The zero-order chi connectivity index (χ0) is 22.5. The number of aliphatic carboxylic acids is 1. The first-order chi connectivity index (χ1) is 14.7. The number of rotatable bonds is 7. The van der Waals surface area contributed by atoms with Gasteiger partial charge in [0.25, 0.3) is 5.91 Å². The van der Waals surface area contributed by atoms with Crippen LogP contribution in [0.4, 0.5) is 21.5 Å². The predicted octanol–water partition coefficient (Wildman–Crippen LogP) is 5.69. The number of carboxylic acids is 1. The van der Waals surface area contributed by atoms with Crippen molar-refractivity contribution in [1.82, 2.24) is 0 Å². The summed E-state index contributed by atoms with van der Waals surface area (Å²) < 4.78 is 13.4. The standard InChI is InChI=1S/C25H23FN2O3/c1-16(2)28(22-12-8-20(26)9-13-22)23-15-19(7-4-17(23)3)25(31)27-21-10-5-18(6-11-21)14-24(29)30/h4-13,15H,1,14H2,2-3H3,(H,27,31)(H,29,30). The highest BCUT2D eigenvalue weighted by molar-refractivity contribution is 6.05. The number of halogens is 1. The average Bonchev–Trinajstić information content (AvgIpc) is 2.72. The van der Waals surface area contributed by atoms with E-state index in [1.54, 1.807) is 48.5 Å². The predicted molar refractivity (Wildman–Crippen MR) is 120 cm³/mol. The van der Waals surface area contributed by atoms with Crippen LogP contribution in [-0.4, -0.2) is 17.0 Å². The number of benzene rings is 3. The molecule has 3 aromatic rings. The highest BCUT2D eigenvalue weighted by Gasteiger charge is 2.16. The van der Waals surface area contributed by atoms with Crippen molar-refractivity contribution in [1.29, 1.82) is 0 Å². The number of allylic oxidation sites excluding steroid dienone is 1. The number of nitrogens with one attached hydrogen (secondary N) is 1. The maximum atomic E-state index is 13.4. The Bertz CT molecular complexity index is 1120. The third-order valence-electron chi connectivity index (χ3n) is 4.75. The van der Waals surface area contributed by atoms with Crippen molar-refractivity contribution in [3.63, 3.8) is 0 Å². The van der Waals surface area contributed by atoms with E-state index in [9.17, 15) is 14.0 Å². The van der Waals surface area contributed by atoms with Crippen molar-refractivity contribution in [2.45, 2.75) is 20.3 Å². The minimum absolute atomic E-state index is 0.0737. The Balaban J connectivity index is 1.87. The number of carbonyl (C=O) groups is 2. The van der Waals surface area contributed by atoms with E-state index in [0.717, 1.165) is 22.6 Å². The molecule has 1 amide bonds. The molecule has 0 spiro atoms. The lowest BCUT2D eigenvalue weighted by atomic mass is 10.1. The average molecular weight is 418 g/mol. The Labute approximate surface area is 180 Å². The van der Waals surface area contributed by atoms with Crippen LogP contribution in [0.1, 0.15) is 28.4 Å². The molecule has 3 aromatic carbocycles. The lowest BCUT2D eigenvalue weighted by molar-refractivity contribution is -0.136. The van der Waals surface area contributed by atoms with Crippen LogP contribution in [0.2, 0.25) is 0 Å². The molecule has 0 bridgehead atoms. The van der Waals surface area contributed by atoms with Gasteiger partial charge in [0.1, 0.15) is 5.82 Å². The Morgan fingerprint density at radius 2 is 1.68 bits per heavy atom. The van der Waals surface area contributed by atoms with Gasteiger partial charge in [-0.1, -0.05) is 24.8 Å². The molecular formula is C25H23FN2O3. The number of anilines is 3. The molecular weight excluding hydrogens is 395 g/mol. The lowest BCUT2D eigenvalue weighted by Crippen LogP contribution is -2.17. The highest BCUT2D eigenvalue weighted by Crippen LogP contribution is 2.32. The van der Waals surface area contributed by atoms with Crippen molar-refractivity contribution in [2.75, 3.05) is 10.2 Å². The fourth-order valence-corrected chi connectivity index (χ4v) is 3.23. The number of carboxylic acid groups (broad SMARTS) is 1. The summed E-state index contributed by atoms with van der Waals surface area (Å²) in [5.41, 5.74) is 4.83. The number of nitrogens with zero attached hydrogens (tertiary/aromatic N) is 1. The normalized spacial score (nSPS) is 10.4. The number of carbonyl (C=O) groups excluding carboxylic acids is 1. The van der Waals surface area contributed by atoms with Gasteiger partial charge in [-0.15, -0.1) is 0 Å². The Hall–Kier alpha value is -3.93. The molecule has 6 heteroatoms. The van der Waals surface area contributed by atoms with Crippen molar-refractivity contribution in [3.05, 3.63) is 102 Å². The van der Waals surface area contributed by atoms with Crippen molar-refractivity contribution in [3.8, 4) is 0 Å². The van der Waals surface area contributed by atoms with Gasteiger partial charge in [0.2, 0.25) is 0 Å². The fourth-order valence-electron chi connectivity index (χ4n) is 3.23. The largest absolute Gasteiger partial charge is 0.481 e. The van der Waals surface area contributed by atoms with Crippen LogP contribution in [0.25, 0.3) is 0 Å². The van der Waals surface area contributed by atoms with E-state index >= 15 is 0 Å². The Morgan fingerprint density at radius 3 is 2.26 bits per heavy atom. The summed E-state index contributed by atoms with van der Waals surface area (Å²) in [5.74, 6) is -1.54. The van der Waals surface area contributed by atoms with Crippen LogP contribution >= 0.6 is 0 Å². The van der Waals surface area contributed by atoms with Gasteiger partial charge in [-0.2, -0.15) is 0 Å². The quantitative estimate of drug-likeness (QED) is 0.518. The molecule has 0 aliphatic heterocycles. The molecule has 0 unspecified atom stereocenters. The number of amides is 1. The molecule has 5 nitrogen and oxygen atoms in total. The van der Waals surface area contributed by atoms with Gasteiger partial charge in [0.05, 0.1) is 6.42 Å². The van der Waals surface area contributed by atoms with E-state index in [1.807, 2.05) is 24.8 Å². The Morgan fingerprint density at radius 1 is 1.03 bits per heavy atom. The lowest BCUT2D eigenvalue weighted by Gasteiger charge is -2.27. The fraction of sp³-hybridized carbons (Fsp3) is 0.120. The van der Waals surface area contributed by atoms with Gasteiger partial charge in [0, 0.05) is 28.3 Å². The van der Waals surface area contributed by atoms with E-state index in [-0.39, 0.29) is 18.1 Å². The molecule has 3 rings (SSSR count). The Kier molecular flexibility index (Phi) is 6.50. The first-order valence-corrected chi connectivity index (χ1v) is 9.68. The minimum atomic E-state index is -0.910. The first kappa shape index (κ1) is 21.8. The summed E-state index contributed by atoms with van der Waals surface area (Å²) in [7, 11) is 0. The zero-order valence-electron chi connectivity index (χ0n) is 17.4. The van der Waals surface area contributed by atoms with Gasteiger partial charge >= 0.3 is 5.97 Å². The number of aryl methyl sites for hydroxylation is 1. The van der Waals surface area contributed by atoms with Crippen molar-refractivity contribution >= 4 is 28.9 Å². The van der Waals surface area contributed by atoms with Crippen LogP contribution < -0.4 is 10.2 Å². The highest BCUT2D eigenvalue weighted by atomic mass is 19.1. The molecule has 0 aliphatic rings. The summed E-state index contributed by atoms with van der Waals surface area (Å²) in [5, 5.41) is 11.7. The van der Waals surface area contributed by atoms with Crippen LogP contribution in [0, 0.1) is 12.7 Å². The van der Waals surface area contributed by atoms with Crippen LogP contribution in [0.5, 0.6) is 0 Å². The van der Waals surface area contributed by atoms with E-state index in [4.69, 9.17) is 5.11 Å². The molecule has 0 atom stereocenters. The second kappa shape index (κ2) is 9.26. The van der Waals surface area contributed by atoms with Crippen LogP contribution in [0.3, 0.4) is 0 Å². The van der Waals surface area contributed by atoms with Crippen LogP contribution in [0.15, 0.2) is 79.0 Å². The smallest absolute Gasteiger partial charge is 0.307 e. The van der Waals surface area contributed by atoms with Gasteiger partial charge in [-0.3, -0.25) is 9.59 Å². The molecule has 0 fully saturated rings. The maximum absolute atomic E-state index is 13.4. The van der Waals surface area contributed by atoms with Gasteiger partial charge in [0.15, 0.2) is 0 Å². The molecule has 0 saturated carbocycles. The summed E-state index contributed by atoms with van der Waals surface area (Å²) in [4.78, 5) is 25.5. The van der Waals surface area contributed by atoms with Crippen LogP contribution in [-0.2, 0) is 11.2 Å². The molecule has 158 valence electrons. The molecule has 2 N–H and O–H groups in total. The minimum Gasteiger partial charge on any atom is -0.481 e. The van der Waals surface area contributed by atoms with Gasteiger partial charge in [-0.25, -0.2) is 4.39 Å². The molecule has 0 heterocycles. The topological polar surface area (TPSA) is 69.6 Å². The van der Waals surface area contributed by atoms with Gasteiger partial charge in [-0.05, 0) is 73.5 Å². The van der Waals surface area contributed by atoms with Crippen molar-refractivity contribution in [2.24, 2.45) is 0 Å². The summed E-state index contributed by atoms with van der Waals surface area (Å²) in [6.45, 7) is 7.80.